The number of halogens is 1. The predicted molar refractivity (Wildman–Crippen MR) is 64.7 cm³/mol. The van der Waals surface area contributed by atoms with Crippen molar-refractivity contribution in [2.75, 3.05) is 0 Å². The molecule has 0 amide bonds. The van der Waals surface area contributed by atoms with Gasteiger partial charge in [0.15, 0.2) is 0 Å². The monoisotopic (exact) mass is 268 g/mol. The van der Waals surface area contributed by atoms with E-state index in [2.05, 4.69) is 15.9 Å². The van der Waals surface area contributed by atoms with Gasteiger partial charge in [-0.15, -0.1) is 0 Å². The summed E-state index contributed by atoms with van der Waals surface area (Å²) in [6.07, 6.45) is 2.72. The largest absolute Gasteiger partial charge is 0.481 e. The van der Waals surface area contributed by atoms with Crippen LogP contribution in [0.1, 0.15) is 25.3 Å². The van der Waals surface area contributed by atoms with E-state index in [4.69, 9.17) is 5.11 Å². The third-order valence-electron chi connectivity index (χ3n) is 2.11. The topological polar surface area (TPSA) is 37.3 Å². The molecular weight excluding hydrogens is 256 g/mol. The van der Waals surface area contributed by atoms with E-state index in [0.717, 1.165) is 15.6 Å². The Balaban J connectivity index is 2.63. The van der Waals surface area contributed by atoms with Crippen LogP contribution in [0.25, 0.3) is 5.57 Å². The molecule has 80 valence electrons. The molecule has 0 aliphatic rings. The summed E-state index contributed by atoms with van der Waals surface area (Å²) in [5.41, 5.74) is 2.24. The lowest BCUT2D eigenvalue weighted by Gasteiger charge is -2.01. The summed E-state index contributed by atoms with van der Waals surface area (Å²) in [5, 5.41) is 8.50. The van der Waals surface area contributed by atoms with Gasteiger partial charge in [-0.1, -0.05) is 34.1 Å². The smallest absolute Gasteiger partial charge is 0.303 e. The van der Waals surface area contributed by atoms with Crippen molar-refractivity contribution in [1.29, 1.82) is 0 Å². The van der Waals surface area contributed by atoms with Crippen molar-refractivity contribution in [1.82, 2.24) is 0 Å². The summed E-state index contributed by atoms with van der Waals surface area (Å²) >= 11 is 3.37. The molecule has 2 nitrogen and oxygen atoms in total. The molecule has 1 aromatic rings. The highest BCUT2D eigenvalue weighted by molar-refractivity contribution is 9.10. The maximum atomic E-state index is 10.3. The normalized spacial score (nSPS) is 11.5. The van der Waals surface area contributed by atoms with Crippen LogP contribution in [0.3, 0.4) is 0 Å². The van der Waals surface area contributed by atoms with Gasteiger partial charge in [-0.2, -0.15) is 0 Å². The zero-order chi connectivity index (χ0) is 11.3. The maximum Gasteiger partial charge on any atom is 0.303 e. The fraction of sp³-hybridized carbons (Fsp3) is 0.250. The molecule has 0 aliphatic heterocycles. The number of carboxylic acids is 1. The zero-order valence-electron chi connectivity index (χ0n) is 8.53. The van der Waals surface area contributed by atoms with Gasteiger partial charge >= 0.3 is 5.97 Å². The second kappa shape index (κ2) is 5.71. The van der Waals surface area contributed by atoms with Gasteiger partial charge in [-0.05, 0) is 36.6 Å². The number of carbonyl (C=O) groups is 1. The van der Waals surface area contributed by atoms with Crippen LogP contribution in [-0.2, 0) is 4.79 Å². The van der Waals surface area contributed by atoms with E-state index in [1.807, 2.05) is 37.3 Å². The molecule has 0 aromatic heterocycles. The first-order valence-electron chi connectivity index (χ1n) is 4.74. The molecule has 1 N–H and O–H groups in total. The minimum absolute atomic E-state index is 0.188. The Hall–Kier alpha value is -1.09. The lowest BCUT2D eigenvalue weighted by molar-refractivity contribution is -0.136. The van der Waals surface area contributed by atoms with Crippen molar-refractivity contribution in [3.63, 3.8) is 0 Å². The average molecular weight is 269 g/mol. The van der Waals surface area contributed by atoms with Crippen molar-refractivity contribution in [3.05, 3.63) is 40.4 Å². The molecule has 3 heteroatoms. The van der Waals surface area contributed by atoms with E-state index in [9.17, 15) is 4.79 Å². The number of carboxylic acid groups (broad SMARTS) is 1. The van der Waals surface area contributed by atoms with E-state index in [0.29, 0.717) is 6.42 Å². The number of aliphatic carboxylic acids is 1. The molecule has 0 heterocycles. The fourth-order valence-electron chi connectivity index (χ4n) is 1.24. The summed E-state index contributed by atoms with van der Waals surface area (Å²) in [6.45, 7) is 1.99. The molecule has 0 saturated carbocycles. The van der Waals surface area contributed by atoms with Crippen LogP contribution >= 0.6 is 15.9 Å². The van der Waals surface area contributed by atoms with Crippen LogP contribution in [0.2, 0.25) is 0 Å². The first kappa shape index (κ1) is 12.0. The minimum atomic E-state index is -0.755. The van der Waals surface area contributed by atoms with Crippen molar-refractivity contribution in [3.8, 4) is 0 Å². The molecule has 0 spiro atoms. The van der Waals surface area contributed by atoms with Crippen LogP contribution in [-0.4, -0.2) is 11.1 Å². The quantitative estimate of drug-likeness (QED) is 0.904. The first-order valence-corrected chi connectivity index (χ1v) is 5.53. The standard InChI is InChI=1S/C12H13BrO2/c1-9(3-2-4-12(14)15)10-5-7-11(13)8-6-10/h3,5-8H,2,4H2,1H3,(H,14,15)/b9-3+. The molecule has 0 unspecified atom stereocenters. The second-order valence-corrected chi connectivity index (χ2v) is 4.24. The Bertz CT molecular complexity index is 366. The molecule has 0 radical (unpaired) electrons. The Morgan fingerprint density at radius 2 is 2.00 bits per heavy atom. The Kier molecular flexibility index (Phi) is 4.56. The molecule has 15 heavy (non-hydrogen) atoms. The van der Waals surface area contributed by atoms with Crippen molar-refractivity contribution in [2.45, 2.75) is 19.8 Å². The van der Waals surface area contributed by atoms with Gasteiger partial charge in [0.05, 0.1) is 0 Å². The summed E-state index contributed by atoms with van der Waals surface area (Å²) in [6, 6.07) is 7.97. The molecular formula is C12H13BrO2. The van der Waals surface area contributed by atoms with Gasteiger partial charge in [-0.3, -0.25) is 4.79 Å². The van der Waals surface area contributed by atoms with E-state index in [1.165, 1.54) is 0 Å². The molecule has 0 atom stereocenters. The fourth-order valence-corrected chi connectivity index (χ4v) is 1.51. The Labute approximate surface area is 97.8 Å². The number of benzene rings is 1. The Morgan fingerprint density at radius 1 is 1.40 bits per heavy atom. The van der Waals surface area contributed by atoms with Gasteiger partial charge in [0.1, 0.15) is 0 Å². The summed E-state index contributed by atoms with van der Waals surface area (Å²) in [4.78, 5) is 10.3. The summed E-state index contributed by atoms with van der Waals surface area (Å²) in [7, 11) is 0. The molecule has 1 rings (SSSR count). The van der Waals surface area contributed by atoms with Gasteiger partial charge in [-0.25, -0.2) is 0 Å². The number of hydrogen-bond donors (Lipinski definition) is 1. The molecule has 0 bridgehead atoms. The van der Waals surface area contributed by atoms with Gasteiger partial charge < -0.3 is 5.11 Å². The van der Waals surface area contributed by atoms with Gasteiger partial charge in [0, 0.05) is 10.9 Å². The maximum absolute atomic E-state index is 10.3. The van der Waals surface area contributed by atoms with E-state index < -0.39 is 5.97 Å². The van der Waals surface area contributed by atoms with E-state index in [-0.39, 0.29) is 6.42 Å². The zero-order valence-corrected chi connectivity index (χ0v) is 10.1. The minimum Gasteiger partial charge on any atom is -0.481 e. The number of allylic oxidation sites excluding steroid dienone is 2. The molecule has 0 saturated heterocycles. The highest BCUT2D eigenvalue weighted by atomic mass is 79.9. The highest BCUT2D eigenvalue weighted by Gasteiger charge is 1.97. The highest BCUT2D eigenvalue weighted by Crippen LogP contribution is 2.18. The second-order valence-electron chi connectivity index (χ2n) is 3.33. The average Bonchev–Trinajstić information content (AvgIpc) is 2.18. The van der Waals surface area contributed by atoms with Crippen LogP contribution < -0.4 is 0 Å². The van der Waals surface area contributed by atoms with Crippen molar-refractivity contribution in [2.24, 2.45) is 0 Å². The van der Waals surface area contributed by atoms with Crippen molar-refractivity contribution < 1.29 is 9.90 Å². The third-order valence-corrected chi connectivity index (χ3v) is 2.64. The van der Waals surface area contributed by atoms with Crippen LogP contribution in [0.15, 0.2) is 34.8 Å². The predicted octanol–water partition coefficient (Wildman–Crippen LogP) is 3.72. The molecule has 0 aliphatic carbocycles. The lowest BCUT2D eigenvalue weighted by atomic mass is 10.1. The lowest BCUT2D eigenvalue weighted by Crippen LogP contribution is -1.92. The van der Waals surface area contributed by atoms with Crippen LogP contribution in [0, 0.1) is 0 Å². The van der Waals surface area contributed by atoms with Crippen molar-refractivity contribution >= 4 is 27.5 Å². The van der Waals surface area contributed by atoms with Crippen LogP contribution in [0.4, 0.5) is 0 Å². The van der Waals surface area contributed by atoms with Gasteiger partial charge in [0.25, 0.3) is 0 Å². The summed E-state index contributed by atoms with van der Waals surface area (Å²) in [5.74, 6) is -0.755. The third kappa shape index (κ3) is 4.30. The van der Waals surface area contributed by atoms with E-state index >= 15 is 0 Å². The number of rotatable bonds is 4. The molecule has 1 aromatic carbocycles. The Morgan fingerprint density at radius 3 is 2.53 bits per heavy atom. The summed E-state index contributed by atoms with van der Waals surface area (Å²) < 4.78 is 1.05. The number of hydrogen-bond acceptors (Lipinski definition) is 1. The van der Waals surface area contributed by atoms with Gasteiger partial charge in [0.2, 0.25) is 0 Å². The van der Waals surface area contributed by atoms with E-state index in [1.54, 1.807) is 0 Å². The first-order chi connectivity index (χ1) is 7.09. The van der Waals surface area contributed by atoms with Crippen LogP contribution in [0.5, 0.6) is 0 Å². The molecule has 0 fully saturated rings. The SMILES string of the molecule is C/C(=C\CCC(=O)O)c1ccc(Br)cc1.